The zero-order valence-electron chi connectivity index (χ0n) is 9.84. The van der Waals surface area contributed by atoms with Gasteiger partial charge in [0.05, 0.1) is 0 Å². The van der Waals surface area contributed by atoms with E-state index >= 15 is 0 Å². The van der Waals surface area contributed by atoms with E-state index in [1.165, 1.54) is 18.2 Å². The van der Waals surface area contributed by atoms with Crippen molar-refractivity contribution in [2.45, 2.75) is 6.36 Å². The van der Waals surface area contributed by atoms with Gasteiger partial charge in [0.15, 0.2) is 0 Å². The van der Waals surface area contributed by atoms with Crippen LogP contribution in [0.5, 0.6) is 5.75 Å². The predicted octanol–water partition coefficient (Wildman–Crippen LogP) is 4.63. The summed E-state index contributed by atoms with van der Waals surface area (Å²) in [6.45, 7) is 0. The molecule has 2 aromatic carbocycles. The quantitative estimate of drug-likeness (QED) is 0.648. The second kappa shape index (κ2) is 5.20. The van der Waals surface area contributed by atoms with E-state index in [1.54, 1.807) is 0 Å². The molecule has 0 aromatic heterocycles. The molecule has 0 aliphatic heterocycles. The van der Waals surface area contributed by atoms with E-state index in [0.717, 1.165) is 18.2 Å². The van der Waals surface area contributed by atoms with Crippen LogP contribution in [0.3, 0.4) is 0 Å². The van der Waals surface area contributed by atoms with Crippen molar-refractivity contribution in [3.8, 4) is 16.9 Å². The molecule has 0 amide bonds. The van der Waals surface area contributed by atoms with Crippen molar-refractivity contribution in [1.82, 2.24) is 0 Å². The summed E-state index contributed by atoms with van der Waals surface area (Å²) >= 11 is 5.62. The van der Waals surface area contributed by atoms with Gasteiger partial charge in [-0.05, 0) is 36.4 Å². The van der Waals surface area contributed by atoms with Crippen molar-refractivity contribution in [3.63, 3.8) is 0 Å². The van der Waals surface area contributed by atoms with Gasteiger partial charge in [-0.3, -0.25) is 0 Å². The summed E-state index contributed by atoms with van der Waals surface area (Å²) in [7, 11) is 0. The van der Waals surface area contributed by atoms with E-state index < -0.39 is 17.9 Å². The van der Waals surface area contributed by atoms with Crippen LogP contribution in [0, 0.1) is 5.82 Å². The number of alkyl halides is 3. The lowest BCUT2D eigenvalue weighted by molar-refractivity contribution is -0.274. The van der Waals surface area contributed by atoms with Crippen LogP contribution >= 0.6 is 11.6 Å². The summed E-state index contributed by atoms with van der Waals surface area (Å²) in [5.74, 6) is -1.16. The van der Waals surface area contributed by atoms with Crippen LogP contribution in [0.2, 0.25) is 5.02 Å². The number of rotatable bonds is 2. The van der Waals surface area contributed by atoms with Gasteiger partial charge in [0.25, 0.3) is 0 Å². The summed E-state index contributed by atoms with van der Waals surface area (Å²) in [5, 5.41) is 0.174. The van der Waals surface area contributed by atoms with Crippen LogP contribution in [0.1, 0.15) is 0 Å². The molecule has 0 aliphatic rings. The molecule has 0 aliphatic carbocycles. The molecule has 2 nitrogen and oxygen atoms in total. The van der Waals surface area contributed by atoms with E-state index in [2.05, 4.69) is 4.74 Å². The summed E-state index contributed by atoms with van der Waals surface area (Å²) in [6, 6.07) is 7.09. The smallest absolute Gasteiger partial charge is 0.406 e. The average Bonchev–Trinajstić information content (AvgIpc) is 2.30. The fourth-order valence-corrected chi connectivity index (χ4v) is 1.83. The number of nitrogen functional groups attached to an aromatic ring is 1. The Hall–Kier alpha value is -1.95. The Morgan fingerprint density at radius 2 is 1.70 bits per heavy atom. The molecule has 106 valence electrons. The van der Waals surface area contributed by atoms with Crippen molar-refractivity contribution < 1.29 is 22.3 Å². The first-order valence-electron chi connectivity index (χ1n) is 5.37. The Balaban J connectivity index is 2.48. The Morgan fingerprint density at radius 1 is 1.00 bits per heavy atom. The molecule has 20 heavy (non-hydrogen) atoms. The number of benzene rings is 2. The van der Waals surface area contributed by atoms with Gasteiger partial charge in [0, 0.05) is 21.8 Å². The van der Waals surface area contributed by atoms with Gasteiger partial charge in [-0.15, -0.1) is 13.2 Å². The maximum atomic E-state index is 13.8. The number of hydrogen-bond donors (Lipinski definition) is 1. The Labute approximate surface area is 116 Å². The van der Waals surface area contributed by atoms with Gasteiger partial charge < -0.3 is 10.5 Å². The summed E-state index contributed by atoms with van der Waals surface area (Å²) in [4.78, 5) is 0. The molecule has 0 bridgehead atoms. The third kappa shape index (κ3) is 3.33. The third-order valence-corrected chi connectivity index (χ3v) is 2.71. The van der Waals surface area contributed by atoms with Gasteiger partial charge >= 0.3 is 6.36 Å². The number of nitrogens with two attached hydrogens (primary N) is 1. The Bertz CT molecular complexity index is 643. The SMILES string of the molecule is Nc1ccc(OC(F)(F)F)cc1-c1ccc(Cl)cc1F. The summed E-state index contributed by atoms with van der Waals surface area (Å²) < 4.78 is 54.1. The lowest BCUT2D eigenvalue weighted by Gasteiger charge is -2.12. The van der Waals surface area contributed by atoms with Gasteiger partial charge in [0.1, 0.15) is 11.6 Å². The van der Waals surface area contributed by atoms with Crippen LogP contribution in [-0.4, -0.2) is 6.36 Å². The molecular formula is C13H8ClF4NO. The van der Waals surface area contributed by atoms with Crippen molar-refractivity contribution in [2.24, 2.45) is 0 Å². The van der Waals surface area contributed by atoms with Gasteiger partial charge in [-0.2, -0.15) is 0 Å². The Kier molecular flexibility index (Phi) is 3.76. The van der Waals surface area contributed by atoms with E-state index in [-0.39, 0.29) is 21.8 Å². The van der Waals surface area contributed by atoms with Crippen LogP contribution < -0.4 is 10.5 Å². The van der Waals surface area contributed by atoms with E-state index in [9.17, 15) is 17.6 Å². The maximum Gasteiger partial charge on any atom is 0.573 e. The van der Waals surface area contributed by atoms with E-state index in [1.807, 2.05) is 0 Å². The monoisotopic (exact) mass is 305 g/mol. The molecule has 2 aromatic rings. The highest BCUT2D eigenvalue weighted by Gasteiger charge is 2.31. The topological polar surface area (TPSA) is 35.2 Å². The summed E-state index contributed by atoms with van der Waals surface area (Å²) in [5.41, 5.74) is 5.92. The summed E-state index contributed by atoms with van der Waals surface area (Å²) in [6.07, 6.45) is -4.83. The predicted molar refractivity (Wildman–Crippen MR) is 67.9 cm³/mol. The molecule has 0 heterocycles. The lowest BCUT2D eigenvalue weighted by Crippen LogP contribution is -2.17. The molecule has 7 heteroatoms. The van der Waals surface area contributed by atoms with Gasteiger partial charge in [0.2, 0.25) is 0 Å². The molecule has 0 fully saturated rings. The first-order valence-corrected chi connectivity index (χ1v) is 5.75. The molecule has 2 rings (SSSR count). The second-order valence-corrected chi connectivity index (χ2v) is 4.36. The zero-order valence-corrected chi connectivity index (χ0v) is 10.6. The van der Waals surface area contributed by atoms with Crippen molar-refractivity contribution in [1.29, 1.82) is 0 Å². The van der Waals surface area contributed by atoms with Crippen molar-refractivity contribution in [3.05, 3.63) is 47.2 Å². The molecule has 0 saturated heterocycles. The highest BCUT2D eigenvalue weighted by molar-refractivity contribution is 6.30. The van der Waals surface area contributed by atoms with Gasteiger partial charge in [-0.25, -0.2) is 4.39 Å². The van der Waals surface area contributed by atoms with E-state index in [4.69, 9.17) is 17.3 Å². The van der Waals surface area contributed by atoms with Crippen molar-refractivity contribution >= 4 is 17.3 Å². The molecular weight excluding hydrogens is 298 g/mol. The first-order chi connectivity index (χ1) is 9.26. The standard InChI is InChI=1S/C13H8ClF4NO/c14-7-1-3-9(11(15)5-7)10-6-8(2-4-12(10)19)20-13(16,17)18/h1-6H,19H2. The number of ether oxygens (including phenoxy) is 1. The minimum atomic E-state index is -4.83. The molecule has 2 N–H and O–H groups in total. The van der Waals surface area contributed by atoms with E-state index in [0.29, 0.717) is 0 Å². The maximum absolute atomic E-state index is 13.8. The lowest BCUT2D eigenvalue weighted by atomic mass is 10.0. The molecule has 0 radical (unpaired) electrons. The fourth-order valence-electron chi connectivity index (χ4n) is 1.67. The van der Waals surface area contributed by atoms with Crippen LogP contribution in [0.4, 0.5) is 23.2 Å². The van der Waals surface area contributed by atoms with Gasteiger partial charge in [-0.1, -0.05) is 11.6 Å². The number of hydrogen-bond acceptors (Lipinski definition) is 2. The highest BCUT2D eigenvalue weighted by atomic mass is 35.5. The Morgan fingerprint density at radius 3 is 2.30 bits per heavy atom. The number of halogens is 5. The third-order valence-electron chi connectivity index (χ3n) is 2.48. The van der Waals surface area contributed by atoms with Crippen LogP contribution in [-0.2, 0) is 0 Å². The minimum absolute atomic E-state index is 0.0412. The average molecular weight is 306 g/mol. The van der Waals surface area contributed by atoms with Crippen molar-refractivity contribution in [2.75, 3.05) is 5.73 Å². The highest BCUT2D eigenvalue weighted by Crippen LogP contribution is 2.34. The largest absolute Gasteiger partial charge is 0.573 e. The molecule has 0 unspecified atom stereocenters. The molecule has 0 atom stereocenters. The number of anilines is 1. The molecule has 0 spiro atoms. The zero-order chi connectivity index (χ0) is 14.9. The minimum Gasteiger partial charge on any atom is -0.406 e. The normalized spacial score (nSPS) is 11.4. The fraction of sp³-hybridized carbons (Fsp3) is 0.0769. The van der Waals surface area contributed by atoms with Crippen LogP contribution in [0.25, 0.3) is 11.1 Å². The molecule has 0 saturated carbocycles. The first kappa shape index (κ1) is 14.5. The second-order valence-electron chi connectivity index (χ2n) is 3.92. The van der Waals surface area contributed by atoms with Crippen LogP contribution in [0.15, 0.2) is 36.4 Å².